The van der Waals surface area contributed by atoms with E-state index in [4.69, 9.17) is 4.74 Å². The van der Waals surface area contributed by atoms with Crippen LogP contribution in [0.1, 0.15) is 35.0 Å². The largest absolute Gasteiger partial charge is 0.477 e. The molecule has 2 saturated heterocycles. The number of pyridine rings is 1. The third-order valence-electron chi connectivity index (χ3n) is 7.97. The fourth-order valence-electron chi connectivity index (χ4n) is 5.39. The van der Waals surface area contributed by atoms with E-state index in [1.165, 1.54) is 12.4 Å². The molecule has 1 amide bonds. The summed E-state index contributed by atoms with van der Waals surface area (Å²) in [5.41, 5.74) is 2.22. The third-order valence-corrected chi connectivity index (χ3v) is 7.97. The zero-order chi connectivity index (χ0) is 29.2. The molecule has 1 aromatic carbocycles. The molecule has 0 unspecified atom stereocenters. The van der Waals surface area contributed by atoms with E-state index in [2.05, 4.69) is 42.0 Å². The number of aromatic amines is 1. The molecule has 42 heavy (non-hydrogen) atoms. The first kappa shape index (κ1) is 27.8. The second-order valence-electron chi connectivity index (χ2n) is 10.7. The Hall–Kier alpha value is -4.32. The van der Waals surface area contributed by atoms with E-state index < -0.39 is 11.6 Å². The number of nitrogens with zero attached hydrogens (tertiary/aromatic N) is 6. The number of piperazine rings is 1. The molecular weight excluding hydrogens is 542 g/mol. The number of aryl methyl sites for hydroxylation is 1. The molecule has 0 aliphatic carbocycles. The van der Waals surface area contributed by atoms with E-state index in [9.17, 15) is 9.18 Å². The quantitative estimate of drug-likeness (QED) is 0.304. The average Bonchev–Trinajstić information content (AvgIpc) is 3.38. The highest BCUT2D eigenvalue weighted by Crippen LogP contribution is 2.29. The molecule has 220 valence electrons. The molecule has 3 aromatic heterocycles. The maximum absolute atomic E-state index is 15.1. The summed E-state index contributed by atoms with van der Waals surface area (Å²) in [6.07, 6.45) is 4.12. The molecule has 12 heteroatoms. The van der Waals surface area contributed by atoms with E-state index in [1.807, 2.05) is 18.3 Å². The summed E-state index contributed by atoms with van der Waals surface area (Å²) in [5, 5.41) is 3.36. The molecule has 10 nitrogen and oxygen atoms in total. The number of hydrogen-bond acceptors (Lipinski definition) is 8. The van der Waals surface area contributed by atoms with Gasteiger partial charge in [-0.25, -0.2) is 23.7 Å². The van der Waals surface area contributed by atoms with E-state index in [-0.39, 0.29) is 52.7 Å². The number of carbonyl (C=O) groups is 1. The maximum Gasteiger partial charge on any atom is 0.263 e. The van der Waals surface area contributed by atoms with Crippen molar-refractivity contribution < 1.29 is 18.3 Å². The number of likely N-dealkylation sites (N-methyl/N-ethyl adjacent to an activating group) is 1. The highest BCUT2D eigenvalue weighted by Gasteiger charge is 2.29. The predicted molar refractivity (Wildman–Crippen MR) is 157 cm³/mol. The molecule has 2 fully saturated rings. The summed E-state index contributed by atoms with van der Waals surface area (Å²) in [6.45, 7) is 10.1. The second kappa shape index (κ2) is 11.9. The first-order valence-corrected chi connectivity index (χ1v) is 14.3. The van der Waals surface area contributed by atoms with Gasteiger partial charge in [-0.15, -0.1) is 0 Å². The van der Waals surface area contributed by atoms with Crippen molar-refractivity contribution in [1.82, 2.24) is 29.7 Å². The van der Waals surface area contributed by atoms with Gasteiger partial charge in [0, 0.05) is 56.8 Å². The number of aromatic nitrogens is 4. The molecule has 0 atom stereocenters. The van der Waals surface area contributed by atoms with Gasteiger partial charge in [0.1, 0.15) is 29.3 Å². The van der Waals surface area contributed by atoms with E-state index in [0.29, 0.717) is 24.6 Å². The number of hydrogen-bond donors (Lipinski definition) is 2. The van der Waals surface area contributed by atoms with Gasteiger partial charge in [-0.3, -0.25) is 4.79 Å². The van der Waals surface area contributed by atoms with Crippen molar-refractivity contribution in [3.05, 3.63) is 65.2 Å². The van der Waals surface area contributed by atoms with Crippen molar-refractivity contribution >= 4 is 34.1 Å². The van der Waals surface area contributed by atoms with Crippen molar-refractivity contribution in [1.29, 1.82) is 0 Å². The van der Waals surface area contributed by atoms with Gasteiger partial charge in [0.25, 0.3) is 5.91 Å². The number of likely N-dealkylation sites (tertiary alicyclic amines) is 1. The van der Waals surface area contributed by atoms with Crippen molar-refractivity contribution in [2.45, 2.75) is 26.7 Å². The minimum Gasteiger partial charge on any atom is -0.477 e. The lowest BCUT2D eigenvalue weighted by Gasteiger charge is -2.35. The first-order chi connectivity index (χ1) is 20.4. The maximum atomic E-state index is 15.1. The first-order valence-electron chi connectivity index (χ1n) is 14.3. The Morgan fingerprint density at radius 3 is 2.57 bits per heavy atom. The van der Waals surface area contributed by atoms with Crippen LogP contribution in [-0.4, -0.2) is 88.1 Å². The lowest BCUT2D eigenvalue weighted by atomic mass is 10.1. The Bertz CT molecular complexity index is 1580. The fourth-order valence-corrected chi connectivity index (χ4v) is 5.39. The molecule has 5 heterocycles. The Morgan fingerprint density at radius 1 is 1.07 bits per heavy atom. The number of benzene rings is 1. The molecule has 6 rings (SSSR count). The van der Waals surface area contributed by atoms with Crippen LogP contribution in [0.25, 0.3) is 10.9 Å². The number of nitrogens with one attached hydrogen (secondary N) is 2. The van der Waals surface area contributed by atoms with Gasteiger partial charge >= 0.3 is 0 Å². The van der Waals surface area contributed by atoms with Crippen molar-refractivity contribution in [2.75, 3.05) is 62.6 Å². The lowest BCUT2D eigenvalue weighted by Crippen LogP contribution is -2.46. The Morgan fingerprint density at radius 2 is 1.88 bits per heavy atom. The normalized spacial score (nSPS) is 15.6. The van der Waals surface area contributed by atoms with Crippen LogP contribution in [0.2, 0.25) is 0 Å². The van der Waals surface area contributed by atoms with Crippen LogP contribution in [0, 0.1) is 18.6 Å². The summed E-state index contributed by atoms with van der Waals surface area (Å²) < 4.78 is 35.6. The van der Waals surface area contributed by atoms with Crippen LogP contribution in [0.3, 0.4) is 0 Å². The topological polar surface area (TPSA) is 103 Å². The molecule has 2 N–H and O–H groups in total. The van der Waals surface area contributed by atoms with Gasteiger partial charge in [-0.05, 0) is 49.7 Å². The van der Waals surface area contributed by atoms with Crippen LogP contribution in [0.15, 0.2) is 36.8 Å². The number of ether oxygens (including phenoxy) is 1. The van der Waals surface area contributed by atoms with E-state index in [1.54, 1.807) is 17.9 Å². The average molecular weight is 577 g/mol. The Balaban J connectivity index is 1.19. The molecule has 0 spiro atoms. The van der Waals surface area contributed by atoms with Crippen LogP contribution in [-0.2, 0) is 6.42 Å². The molecular formula is C30H34F2N8O2. The van der Waals surface area contributed by atoms with Crippen molar-refractivity contribution in [3.8, 4) is 5.88 Å². The van der Waals surface area contributed by atoms with Crippen LogP contribution < -0.4 is 15.0 Å². The number of halogens is 2. The fraction of sp³-hybridized carbons (Fsp3) is 0.400. The second-order valence-corrected chi connectivity index (χ2v) is 10.7. The van der Waals surface area contributed by atoms with Gasteiger partial charge in [0.2, 0.25) is 5.88 Å². The molecule has 2 aliphatic heterocycles. The minimum atomic E-state index is -0.529. The molecule has 0 radical (unpaired) electrons. The molecule has 2 aliphatic rings. The number of rotatable bonds is 9. The SMILES string of the molecule is CCN1CCN(c2ccc(Nc3ncnc(OCCc4cc(F)c5[nH]c(C)cc5c4F)c3C(=O)N3CCC3)nc2)CC1. The van der Waals surface area contributed by atoms with Crippen molar-refractivity contribution in [3.63, 3.8) is 0 Å². The Kier molecular flexibility index (Phi) is 7.88. The standard InChI is InChI=1S/C30H34F2N8O2/c1-3-38-10-12-39(13-11-38)21-5-6-24(33-17-21)37-28-25(30(41)40-8-4-9-40)29(35-18-34-28)42-14-7-20-16-23(31)27-22(26(20)32)15-19(2)36-27/h5-6,15-18,36H,3-4,7-14H2,1-2H3,(H,33,34,35,37). The summed E-state index contributed by atoms with van der Waals surface area (Å²) in [7, 11) is 0. The van der Waals surface area contributed by atoms with Gasteiger partial charge < -0.3 is 29.7 Å². The summed E-state index contributed by atoms with van der Waals surface area (Å²) in [4.78, 5) is 35.8. The van der Waals surface area contributed by atoms with Gasteiger partial charge in [0.05, 0.1) is 24.0 Å². The predicted octanol–water partition coefficient (Wildman–Crippen LogP) is 4.29. The summed E-state index contributed by atoms with van der Waals surface area (Å²) in [6, 6.07) is 6.62. The van der Waals surface area contributed by atoms with Crippen LogP contribution in [0.4, 0.5) is 26.1 Å². The van der Waals surface area contributed by atoms with Gasteiger partial charge in [-0.1, -0.05) is 6.92 Å². The molecule has 0 saturated carbocycles. The van der Waals surface area contributed by atoms with E-state index in [0.717, 1.165) is 44.8 Å². The highest BCUT2D eigenvalue weighted by atomic mass is 19.1. The monoisotopic (exact) mass is 576 g/mol. The zero-order valence-corrected chi connectivity index (χ0v) is 23.8. The summed E-state index contributed by atoms with van der Waals surface area (Å²) in [5.74, 6) is -0.405. The summed E-state index contributed by atoms with van der Waals surface area (Å²) >= 11 is 0. The minimum absolute atomic E-state index is 0.0136. The lowest BCUT2D eigenvalue weighted by molar-refractivity contribution is 0.0647. The number of carbonyl (C=O) groups excluding carboxylic acids is 1. The molecule has 0 bridgehead atoms. The van der Waals surface area contributed by atoms with Crippen LogP contribution in [0.5, 0.6) is 5.88 Å². The van der Waals surface area contributed by atoms with Crippen LogP contribution >= 0.6 is 0 Å². The van der Waals surface area contributed by atoms with E-state index >= 15 is 4.39 Å². The number of amides is 1. The Labute approximate surface area is 242 Å². The third kappa shape index (κ3) is 5.58. The molecule has 4 aromatic rings. The number of fused-ring (bicyclic) bond motifs is 1. The van der Waals surface area contributed by atoms with Gasteiger partial charge in [0.15, 0.2) is 5.82 Å². The smallest absolute Gasteiger partial charge is 0.263 e. The van der Waals surface area contributed by atoms with Crippen molar-refractivity contribution in [2.24, 2.45) is 0 Å². The number of anilines is 3. The zero-order valence-electron chi connectivity index (χ0n) is 23.8. The number of H-pyrrole nitrogens is 1. The highest BCUT2D eigenvalue weighted by molar-refractivity contribution is 6.01. The van der Waals surface area contributed by atoms with Gasteiger partial charge in [-0.2, -0.15) is 0 Å².